The molecule has 2 atom stereocenters. The van der Waals surface area contributed by atoms with Crippen LogP contribution in [0.5, 0.6) is 0 Å². The van der Waals surface area contributed by atoms with Crippen molar-refractivity contribution in [3.63, 3.8) is 0 Å². The minimum absolute atomic E-state index is 0.00930. The number of likely N-dealkylation sites (tertiary alicyclic amines) is 1. The van der Waals surface area contributed by atoms with Crippen molar-refractivity contribution < 1.29 is 27.5 Å². The van der Waals surface area contributed by atoms with E-state index in [-0.39, 0.29) is 18.4 Å². The van der Waals surface area contributed by atoms with E-state index in [0.29, 0.717) is 30.0 Å². The van der Waals surface area contributed by atoms with E-state index in [1.54, 1.807) is 58.0 Å². The van der Waals surface area contributed by atoms with Crippen molar-refractivity contribution in [1.82, 2.24) is 29.3 Å². The minimum atomic E-state index is -4.35. The average molecular weight is 555 g/mol. The third-order valence-corrected chi connectivity index (χ3v) is 7.15. The topological polar surface area (TPSA) is 94.6 Å². The van der Waals surface area contributed by atoms with E-state index in [4.69, 9.17) is 4.74 Å². The molecule has 40 heavy (non-hydrogen) atoms. The molecule has 1 aliphatic heterocycles. The van der Waals surface area contributed by atoms with Crippen LogP contribution in [-0.4, -0.2) is 73.4 Å². The molecule has 4 aromatic rings. The first-order valence-corrected chi connectivity index (χ1v) is 13.0. The second-order valence-electron chi connectivity index (χ2n) is 10.0. The number of methoxy groups -OCH3 is 1. The summed E-state index contributed by atoms with van der Waals surface area (Å²) in [6, 6.07) is 8.46. The lowest BCUT2D eigenvalue weighted by Crippen LogP contribution is -2.35. The fraction of sp³-hybridized carbons (Fsp3) is 0.393. The molecule has 1 amide bonds. The number of hydrogen-bond donors (Lipinski definition) is 0. The highest BCUT2D eigenvalue weighted by molar-refractivity contribution is 5.82. The average Bonchev–Trinajstić information content (AvgIpc) is 3.70. The van der Waals surface area contributed by atoms with Gasteiger partial charge in [0.15, 0.2) is 5.65 Å². The van der Waals surface area contributed by atoms with Gasteiger partial charge in [0.25, 0.3) is 0 Å². The smallest absolute Gasteiger partial charge is 0.380 e. The zero-order chi connectivity index (χ0) is 28.4. The minimum Gasteiger partial charge on any atom is -0.380 e. The number of carbonyl (C=O) groups excluding carboxylic acids is 2. The van der Waals surface area contributed by atoms with Crippen molar-refractivity contribution in [2.24, 2.45) is 0 Å². The summed E-state index contributed by atoms with van der Waals surface area (Å²) in [6.45, 7) is 3.06. The zero-order valence-electron chi connectivity index (χ0n) is 22.1. The zero-order valence-corrected chi connectivity index (χ0v) is 22.1. The van der Waals surface area contributed by atoms with Crippen LogP contribution in [0.25, 0.3) is 28.0 Å². The lowest BCUT2D eigenvalue weighted by atomic mass is 10.0. The number of aromatic nitrogens is 5. The maximum atomic E-state index is 12.9. The monoisotopic (exact) mass is 554 g/mol. The van der Waals surface area contributed by atoms with Gasteiger partial charge >= 0.3 is 6.18 Å². The van der Waals surface area contributed by atoms with Crippen LogP contribution in [0.4, 0.5) is 13.2 Å². The van der Waals surface area contributed by atoms with Crippen LogP contribution in [0.1, 0.15) is 37.8 Å². The summed E-state index contributed by atoms with van der Waals surface area (Å²) in [7, 11) is 1.65. The van der Waals surface area contributed by atoms with Crippen LogP contribution in [0.3, 0.4) is 0 Å². The molecular weight excluding hydrogens is 525 g/mol. The molecule has 0 N–H and O–H groups in total. The van der Waals surface area contributed by atoms with Gasteiger partial charge in [-0.1, -0.05) is 18.2 Å². The highest BCUT2D eigenvalue weighted by atomic mass is 19.4. The Morgan fingerprint density at radius 1 is 1.10 bits per heavy atom. The Morgan fingerprint density at radius 3 is 2.65 bits per heavy atom. The molecule has 0 saturated carbocycles. The molecule has 0 spiro atoms. The maximum absolute atomic E-state index is 12.9. The number of amides is 1. The van der Waals surface area contributed by atoms with Gasteiger partial charge in [-0.05, 0) is 31.0 Å². The number of fused-ring (bicyclic) bond motifs is 1. The molecule has 1 saturated heterocycles. The SMILES string of the molecule is COC1CCN(C(=O)C(C)n2cc(-c3cnn4c(-c5cccc(CC(=O)CCC(F)(F)F)c5)cnc4c3)cn2)C1. The molecule has 4 heterocycles. The lowest BCUT2D eigenvalue weighted by Gasteiger charge is -2.21. The quantitative estimate of drug-likeness (QED) is 0.302. The van der Waals surface area contributed by atoms with Gasteiger partial charge in [0, 0.05) is 55.9 Å². The molecule has 1 fully saturated rings. The number of imidazole rings is 1. The highest BCUT2D eigenvalue weighted by Crippen LogP contribution is 2.27. The van der Waals surface area contributed by atoms with Crippen LogP contribution in [-0.2, 0) is 20.7 Å². The van der Waals surface area contributed by atoms with E-state index in [1.165, 1.54) is 0 Å². The Morgan fingerprint density at radius 2 is 1.90 bits per heavy atom. The third-order valence-electron chi connectivity index (χ3n) is 7.15. The van der Waals surface area contributed by atoms with Crippen molar-refractivity contribution >= 4 is 17.3 Å². The maximum Gasteiger partial charge on any atom is 0.389 e. The van der Waals surface area contributed by atoms with Crippen molar-refractivity contribution in [3.8, 4) is 22.4 Å². The number of hydrogen-bond acceptors (Lipinski definition) is 6. The van der Waals surface area contributed by atoms with E-state index in [2.05, 4.69) is 15.2 Å². The van der Waals surface area contributed by atoms with Gasteiger partial charge in [-0.2, -0.15) is 23.4 Å². The first kappa shape index (κ1) is 27.5. The molecule has 3 aromatic heterocycles. The van der Waals surface area contributed by atoms with Crippen LogP contribution >= 0.6 is 0 Å². The van der Waals surface area contributed by atoms with Gasteiger partial charge in [0.1, 0.15) is 11.8 Å². The van der Waals surface area contributed by atoms with Crippen LogP contribution in [0.2, 0.25) is 0 Å². The van der Waals surface area contributed by atoms with E-state index in [1.807, 2.05) is 25.3 Å². The number of ether oxygens (including phenoxy) is 1. The largest absolute Gasteiger partial charge is 0.389 e. The molecule has 1 aliphatic rings. The molecule has 0 bridgehead atoms. The number of rotatable bonds is 9. The fourth-order valence-corrected chi connectivity index (χ4v) is 4.87. The third kappa shape index (κ3) is 6.06. The summed E-state index contributed by atoms with van der Waals surface area (Å²) in [5, 5.41) is 8.96. The van der Waals surface area contributed by atoms with Gasteiger partial charge in [-0.15, -0.1) is 0 Å². The van der Waals surface area contributed by atoms with E-state index >= 15 is 0 Å². The normalized spacial score (nSPS) is 16.5. The van der Waals surface area contributed by atoms with E-state index < -0.39 is 30.8 Å². The lowest BCUT2D eigenvalue weighted by molar-refractivity contribution is -0.143. The number of carbonyl (C=O) groups is 2. The van der Waals surface area contributed by atoms with Gasteiger partial charge in [-0.25, -0.2) is 9.50 Å². The molecule has 0 radical (unpaired) electrons. The summed E-state index contributed by atoms with van der Waals surface area (Å²) in [6.07, 6.45) is 1.63. The predicted octanol–water partition coefficient (Wildman–Crippen LogP) is 4.52. The molecule has 12 heteroatoms. The first-order valence-electron chi connectivity index (χ1n) is 13.0. The Balaban J connectivity index is 1.30. The summed E-state index contributed by atoms with van der Waals surface area (Å²) in [4.78, 5) is 31.3. The van der Waals surface area contributed by atoms with Gasteiger partial charge in [0.2, 0.25) is 5.91 Å². The second-order valence-corrected chi connectivity index (χ2v) is 10.0. The molecule has 1 aromatic carbocycles. The summed E-state index contributed by atoms with van der Waals surface area (Å²) >= 11 is 0. The highest BCUT2D eigenvalue weighted by Gasteiger charge is 2.30. The Kier molecular flexibility index (Phi) is 7.70. The fourth-order valence-electron chi connectivity index (χ4n) is 4.87. The Bertz CT molecular complexity index is 1530. The van der Waals surface area contributed by atoms with Crippen LogP contribution in [0.15, 0.2) is 55.1 Å². The molecular formula is C28H29F3N6O3. The second kappa shape index (κ2) is 11.2. The van der Waals surface area contributed by atoms with Gasteiger partial charge < -0.3 is 9.64 Å². The standard InChI is InChI=1S/C28H29F3N6O3/c1-18(27(39)35-9-7-24(17-35)40-2)36-16-22(14-33-36)21-12-26-32-15-25(37(26)34-13-21)20-5-3-4-19(10-20)11-23(38)6-8-28(29,30)31/h3-5,10,12-16,18,24H,6-9,11,17H2,1-2H3. The summed E-state index contributed by atoms with van der Waals surface area (Å²) in [5.74, 6) is -0.475. The van der Waals surface area contributed by atoms with E-state index in [0.717, 1.165) is 23.1 Å². The molecule has 0 aliphatic carbocycles. The number of halogens is 3. The van der Waals surface area contributed by atoms with Gasteiger partial charge in [-0.3, -0.25) is 14.3 Å². The van der Waals surface area contributed by atoms with Crippen LogP contribution < -0.4 is 0 Å². The molecule has 2 unspecified atom stereocenters. The Labute approximate surface area is 228 Å². The summed E-state index contributed by atoms with van der Waals surface area (Å²) in [5.41, 5.74) is 4.19. The Hall–Kier alpha value is -4.06. The first-order chi connectivity index (χ1) is 19.1. The summed E-state index contributed by atoms with van der Waals surface area (Å²) < 4.78 is 46.0. The predicted molar refractivity (Wildman–Crippen MR) is 140 cm³/mol. The van der Waals surface area contributed by atoms with Crippen molar-refractivity contribution in [1.29, 1.82) is 0 Å². The molecule has 5 rings (SSSR count). The number of Topliss-reactive ketones (excluding diaryl/α,β-unsaturated/α-hetero) is 1. The van der Waals surface area contributed by atoms with Crippen molar-refractivity contribution in [3.05, 3.63) is 60.7 Å². The van der Waals surface area contributed by atoms with Crippen molar-refractivity contribution in [2.45, 2.75) is 50.9 Å². The molecule has 9 nitrogen and oxygen atoms in total. The number of alkyl halides is 3. The number of benzene rings is 1. The number of nitrogens with zero attached hydrogens (tertiary/aromatic N) is 6. The van der Waals surface area contributed by atoms with E-state index in [9.17, 15) is 22.8 Å². The number of ketones is 1. The van der Waals surface area contributed by atoms with Gasteiger partial charge in [0.05, 0.1) is 36.8 Å². The van der Waals surface area contributed by atoms with Crippen LogP contribution in [0, 0.1) is 0 Å². The molecule has 210 valence electrons. The van der Waals surface area contributed by atoms with Crippen molar-refractivity contribution in [2.75, 3.05) is 20.2 Å².